The molecule has 0 bridgehead atoms. The Hall–Kier alpha value is -3.61. The zero-order chi connectivity index (χ0) is 19.4. The minimum Gasteiger partial charge on any atom is -0.452 e. The largest absolute Gasteiger partial charge is 0.452 e. The van der Waals surface area contributed by atoms with Crippen LogP contribution in [0.15, 0.2) is 54.7 Å². The molecule has 0 saturated carbocycles. The number of ether oxygens (including phenoxy) is 1. The zero-order valence-corrected chi connectivity index (χ0v) is 14.7. The molecule has 0 aliphatic carbocycles. The number of aromatic amines is 1. The summed E-state index contributed by atoms with van der Waals surface area (Å²) in [5.74, 6) is -1.51. The molecular weight excluding hydrogens is 346 g/mol. The Morgan fingerprint density at radius 2 is 1.81 bits per heavy atom. The molecule has 0 spiro atoms. The summed E-state index contributed by atoms with van der Waals surface area (Å²) in [6.07, 6.45) is 0.866. The maximum atomic E-state index is 12.2. The first-order valence-corrected chi connectivity index (χ1v) is 8.39. The molecule has 2 aromatic carbocycles. The number of carbonyl (C=O) groups is 3. The first-order chi connectivity index (χ1) is 12.9. The molecule has 0 fully saturated rings. The number of aromatic nitrogens is 1. The van der Waals surface area contributed by atoms with Gasteiger partial charge in [0.2, 0.25) is 5.91 Å². The van der Waals surface area contributed by atoms with Crippen LogP contribution in [0.25, 0.3) is 10.9 Å². The second-order valence-corrected chi connectivity index (χ2v) is 6.10. The first-order valence-electron chi connectivity index (χ1n) is 8.39. The van der Waals surface area contributed by atoms with Crippen molar-refractivity contribution >= 4 is 34.4 Å². The van der Waals surface area contributed by atoms with Gasteiger partial charge in [-0.25, -0.2) is 0 Å². The highest BCUT2D eigenvalue weighted by Gasteiger charge is 2.19. The van der Waals surface area contributed by atoms with Gasteiger partial charge < -0.3 is 20.8 Å². The van der Waals surface area contributed by atoms with Crippen molar-refractivity contribution in [3.8, 4) is 0 Å². The van der Waals surface area contributed by atoms with Crippen LogP contribution in [0.3, 0.4) is 0 Å². The van der Waals surface area contributed by atoms with Crippen molar-refractivity contribution in [3.63, 3.8) is 0 Å². The molecule has 0 aliphatic heterocycles. The highest BCUT2D eigenvalue weighted by Crippen LogP contribution is 2.18. The third-order valence-corrected chi connectivity index (χ3v) is 4.12. The van der Waals surface area contributed by atoms with Crippen molar-refractivity contribution in [1.82, 2.24) is 4.98 Å². The van der Waals surface area contributed by atoms with Gasteiger partial charge in [-0.3, -0.25) is 14.4 Å². The van der Waals surface area contributed by atoms with E-state index in [4.69, 9.17) is 10.5 Å². The number of para-hydroxylation sites is 1. The third-order valence-electron chi connectivity index (χ3n) is 4.12. The van der Waals surface area contributed by atoms with Crippen LogP contribution >= 0.6 is 0 Å². The fraction of sp³-hybridized carbons (Fsp3) is 0.150. The van der Waals surface area contributed by atoms with E-state index in [0.29, 0.717) is 11.3 Å². The predicted molar refractivity (Wildman–Crippen MR) is 101 cm³/mol. The molecule has 0 unspecified atom stereocenters. The number of hydrogen-bond donors (Lipinski definition) is 3. The molecule has 1 atom stereocenters. The number of primary amides is 1. The van der Waals surface area contributed by atoms with Crippen molar-refractivity contribution in [2.75, 3.05) is 5.32 Å². The van der Waals surface area contributed by atoms with Crippen LogP contribution in [-0.4, -0.2) is 28.9 Å². The minimum atomic E-state index is -0.960. The molecule has 2 amide bonds. The summed E-state index contributed by atoms with van der Waals surface area (Å²) >= 11 is 0. The SMILES string of the molecule is C[C@@H](OC(=O)Cc1c[nH]c2ccccc12)C(=O)Nc1ccc(C(N)=O)cc1. The van der Waals surface area contributed by atoms with Gasteiger partial charge in [-0.1, -0.05) is 18.2 Å². The van der Waals surface area contributed by atoms with E-state index in [1.165, 1.54) is 19.1 Å². The van der Waals surface area contributed by atoms with Crippen molar-refractivity contribution in [1.29, 1.82) is 0 Å². The molecule has 7 nitrogen and oxygen atoms in total. The Morgan fingerprint density at radius 1 is 1.11 bits per heavy atom. The number of benzene rings is 2. The predicted octanol–water partition coefficient (Wildman–Crippen LogP) is 2.38. The molecule has 27 heavy (non-hydrogen) atoms. The lowest BCUT2D eigenvalue weighted by Crippen LogP contribution is -2.30. The average molecular weight is 365 g/mol. The second kappa shape index (κ2) is 7.74. The lowest BCUT2D eigenvalue weighted by atomic mass is 10.1. The topological polar surface area (TPSA) is 114 Å². The summed E-state index contributed by atoms with van der Waals surface area (Å²) in [6.45, 7) is 1.50. The lowest BCUT2D eigenvalue weighted by molar-refractivity contribution is -0.152. The fourth-order valence-electron chi connectivity index (χ4n) is 2.69. The molecular formula is C20H19N3O4. The quantitative estimate of drug-likeness (QED) is 0.582. The molecule has 1 heterocycles. The highest BCUT2D eigenvalue weighted by molar-refractivity contribution is 5.97. The van der Waals surface area contributed by atoms with Gasteiger partial charge in [-0.05, 0) is 42.8 Å². The van der Waals surface area contributed by atoms with E-state index in [2.05, 4.69) is 10.3 Å². The van der Waals surface area contributed by atoms with E-state index in [1.807, 2.05) is 24.3 Å². The van der Waals surface area contributed by atoms with Gasteiger partial charge in [0, 0.05) is 28.4 Å². The van der Waals surface area contributed by atoms with Crippen LogP contribution in [0.2, 0.25) is 0 Å². The second-order valence-electron chi connectivity index (χ2n) is 6.10. The standard InChI is InChI=1S/C20H19N3O4/c1-12(20(26)23-15-8-6-13(7-9-15)19(21)25)27-18(24)10-14-11-22-17-5-3-2-4-16(14)17/h2-9,11-12,22H,10H2,1H3,(H2,21,25)(H,23,26)/t12-/m1/s1. The molecule has 3 rings (SSSR count). The number of fused-ring (bicyclic) bond motifs is 1. The third kappa shape index (κ3) is 4.33. The molecule has 4 N–H and O–H groups in total. The summed E-state index contributed by atoms with van der Waals surface area (Å²) in [4.78, 5) is 38.5. The van der Waals surface area contributed by atoms with Gasteiger partial charge >= 0.3 is 5.97 Å². The lowest BCUT2D eigenvalue weighted by Gasteiger charge is -2.13. The maximum Gasteiger partial charge on any atom is 0.311 e. The van der Waals surface area contributed by atoms with E-state index in [0.717, 1.165) is 16.5 Å². The van der Waals surface area contributed by atoms with Crippen molar-refractivity contribution in [2.24, 2.45) is 5.73 Å². The number of nitrogens with two attached hydrogens (primary N) is 1. The van der Waals surface area contributed by atoms with Gasteiger partial charge in [0.05, 0.1) is 6.42 Å². The van der Waals surface area contributed by atoms with Crippen LogP contribution in [0, 0.1) is 0 Å². The number of rotatable bonds is 6. The normalized spacial score (nSPS) is 11.7. The number of H-pyrrole nitrogens is 1. The Kier molecular flexibility index (Phi) is 5.21. The smallest absolute Gasteiger partial charge is 0.311 e. The molecule has 0 saturated heterocycles. The molecule has 1 aromatic heterocycles. The molecule has 138 valence electrons. The van der Waals surface area contributed by atoms with Gasteiger partial charge in [0.1, 0.15) is 0 Å². The number of esters is 1. The molecule has 0 aliphatic rings. The summed E-state index contributed by atoms with van der Waals surface area (Å²) in [7, 11) is 0. The Balaban J connectivity index is 1.57. The van der Waals surface area contributed by atoms with E-state index in [9.17, 15) is 14.4 Å². The molecule has 0 radical (unpaired) electrons. The van der Waals surface area contributed by atoms with Gasteiger partial charge in [0.15, 0.2) is 6.10 Å². The maximum absolute atomic E-state index is 12.2. The Labute approximate surface area is 155 Å². The van der Waals surface area contributed by atoms with Crippen molar-refractivity contribution < 1.29 is 19.1 Å². The number of carbonyl (C=O) groups excluding carboxylic acids is 3. The summed E-state index contributed by atoms with van der Waals surface area (Å²) < 4.78 is 5.23. The van der Waals surface area contributed by atoms with E-state index in [-0.39, 0.29) is 6.42 Å². The van der Waals surface area contributed by atoms with E-state index >= 15 is 0 Å². The van der Waals surface area contributed by atoms with Crippen LogP contribution in [0.5, 0.6) is 0 Å². The first kappa shape index (κ1) is 18.2. The highest BCUT2D eigenvalue weighted by atomic mass is 16.5. The van der Waals surface area contributed by atoms with Crippen LogP contribution in [0.1, 0.15) is 22.8 Å². The molecule has 3 aromatic rings. The Bertz CT molecular complexity index is 992. The number of hydrogen-bond acceptors (Lipinski definition) is 4. The average Bonchev–Trinajstić information content (AvgIpc) is 3.05. The van der Waals surface area contributed by atoms with Crippen molar-refractivity contribution in [3.05, 3.63) is 65.9 Å². The minimum absolute atomic E-state index is 0.0644. The van der Waals surface area contributed by atoms with Crippen LogP contribution < -0.4 is 11.1 Å². The monoisotopic (exact) mass is 365 g/mol. The fourth-order valence-corrected chi connectivity index (χ4v) is 2.69. The number of anilines is 1. The Morgan fingerprint density at radius 3 is 2.52 bits per heavy atom. The summed E-state index contributed by atoms with van der Waals surface area (Å²) in [5.41, 5.74) is 7.73. The number of amides is 2. The van der Waals surface area contributed by atoms with Gasteiger partial charge in [-0.2, -0.15) is 0 Å². The van der Waals surface area contributed by atoms with Crippen LogP contribution in [0.4, 0.5) is 5.69 Å². The zero-order valence-electron chi connectivity index (χ0n) is 14.7. The van der Waals surface area contributed by atoms with E-state index < -0.39 is 23.9 Å². The van der Waals surface area contributed by atoms with Gasteiger partial charge in [-0.15, -0.1) is 0 Å². The number of nitrogens with one attached hydrogen (secondary N) is 2. The summed E-state index contributed by atoms with van der Waals surface area (Å²) in [6, 6.07) is 13.8. The van der Waals surface area contributed by atoms with E-state index in [1.54, 1.807) is 18.3 Å². The molecule has 7 heteroatoms. The van der Waals surface area contributed by atoms with Crippen LogP contribution in [-0.2, 0) is 20.7 Å². The van der Waals surface area contributed by atoms with Crippen molar-refractivity contribution in [2.45, 2.75) is 19.4 Å². The summed E-state index contributed by atoms with van der Waals surface area (Å²) in [5, 5.41) is 3.57. The van der Waals surface area contributed by atoms with Gasteiger partial charge in [0.25, 0.3) is 5.91 Å².